The number of halogens is 1. The third-order valence-corrected chi connectivity index (χ3v) is 5.22. The maximum atomic E-state index is 13.1. The van der Waals surface area contributed by atoms with Crippen molar-refractivity contribution in [2.45, 2.75) is 38.1 Å². The smallest absolute Gasteiger partial charge is 0.173 e. The van der Waals surface area contributed by atoms with E-state index in [4.69, 9.17) is 17.5 Å². The van der Waals surface area contributed by atoms with Crippen LogP contribution in [0.3, 0.4) is 0 Å². The van der Waals surface area contributed by atoms with Crippen LogP contribution in [0.4, 0.5) is 10.1 Å². The third-order valence-electron chi connectivity index (χ3n) is 4.88. The van der Waals surface area contributed by atoms with Gasteiger partial charge in [0.1, 0.15) is 5.82 Å². The zero-order valence-corrected chi connectivity index (χ0v) is 13.3. The summed E-state index contributed by atoms with van der Waals surface area (Å²) in [6, 6.07) is 8.88. The number of anilines is 1. The normalized spacial score (nSPS) is 25.7. The van der Waals surface area contributed by atoms with Crippen molar-refractivity contribution in [3.8, 4) is 6.07 Å². The molecular weight excluding hydrogens is 297 g/mol. The topological polar surface area (TPSA) is 39.1 Å². The van der Waals surface area contributed by atoms with Crippen molar-refractivity contribution < 1.29 is 4.39 Å². The average Bonchev–Trinajstić information content (AvgIpc) is 3.12. The second-order valence-electron chi connectivity index (χ2n) is 6.27. The standard InChI is InChI=1S/C17H20FN3S/c18-14-4-6-15(7-5-14)21(9-1-8-19)17(22)20-16-11-12-2-3-13(16)10-12/h4-7,12-13,16H,1-3,9-11H2,(H,20,22). The fourth-order valence-electron chi connectivity index (χ4n) is 3.79. The Kier molecular flexibility index (Phi) is 4.58. The second kappa shape index (κ2) is 6.62. The first-order chi connectivity index (χ1) is 10.7. The molecule has 2 saturated carbocycles. The van der Waals surface area contributed by atoms with Crippen LogP contribution in [0.2, 0.25) is 0 Å². The molecule has 0 radical (unpaired) electrons. The van der Waals surface area contributed by atoms with E-state index in [1.807, 2.05) is 4.90 Å². The fourth-order valence-corrected chi connectivity index (χ4v) is 4.14. The van der Waals surface area contributed by atoms with Gasteiger partial charge in [0.2, 0.25) is 0 Å². The van der Waals surface area contributed by atoms with E-state index < -0.39 is 0 Å². The van der Waals surface area contributed by atoms with Gasteiger partial charge in [-0.1, -0.05) is 6.42 Å². The van der Waals surface area contributed by atoms with Crippen molar-refractivity contribution >= 4 is 23.0 Å². The molecule has 1 aromatic rings. The number of fused-ring (bicyclic) bond motifs is 2. The van der Waals surface area contributed by atoms with Crippen LogP contribution in [-0.2, 0) is 0 Å². The minimum Gasteiger partial charge on any atom is -0.359 e. The highest BCUT2D eigenvalue weighted by atomic mass is 32.1. The van der Waals surface area contributed by atoms with Crippen molar-refractivity contribution in [1.82, 2.24) is 5.32 Å². The number of hydrogen-bond donors (Lipinski definition) is 1. The lowest BCUT2D eigenvalue weighted by molar-refractivity contribution is 0.390. The van der Waals surface area contributed by atoms with Crippen LogP contribution < -0.4 is 10.2 Å². The van der Waals surface area contributed by atoms with E-state index in [1.54, 1.807) is 12.1 Å². The zero-order chi connectivity index (χ0) is 15.5. The molecule has 0 amide bonds. The highest BCUT2D eigenvalue weighted by Crippen LogP contribution is 2.44. The van der Waals surface area contributed by atoms with E-state index in [2.05, 4.69) is 11.4 Å². The molecule has 5 heteroatoms. The summed E-state index contributed by atoms with van der Waals surface area (Å²) in [4.78, 5) is 1.91. The van der Waals surface area contributed by atoms with Crippen molar-refractivity contribution in [3.63, 3.8) is 0 Å². The van der Waals surface area contributed by atoms with Gasteiger partial charge in [-0.15, -0.1) is 0 Å². The molecule has 0 spiro atoms. The molecule has 3 atom stereocenters. The van der Waals surface area contributed by atoms with Gasteiger partial charge >= 0.3 is 0 Å². The largest absolute Gasteiger partial charge is 0.359 e. The first kappa shape index (κ1) is 15.2. The lowest BCUT2D eigenvalue weighted by atomic mass is 9.95. The summed E-state index contributed by atoms with van der Waals surface area (Å²) in [7, 11) is 0. The number of hydrogen-bond acceptors (Lipinski definition) is 2. The van der Waals surface area contributed by atoms with Gasteiger partial charge < -0.3 is 10.2 Å². The molecule has 0 aromatic heterocycles. The minimum atomic E-state index is -0.268. The maximum absolute atomic E-state index is 13.1. The number of thiocarbonyl (C=S) groups is 1. The van der Waals surface area contributed by atoms with E-state index in [9.17, 15) is 4.39 Å². The average molecular weight is 317 g/mol. The van der Waals surface area contributed by atoms with Gasteiger partial charge in [-0.3, -0.25) is 0 Å². The maximum Gasteiger partial charge on any atom is 0.173 e. The minimum absolute atomic E-state index is 0.268. The molecule has 3 nitrogen and oxygen atoms in total. The second-order valence-corrected chi connectivity index (χ2v) is 6.65. The summed E-state index contributed by atoms with van der Waals surface area (Å²) < 4.78 is 13.1. The molecule has 0 aliphatic heterocycles. The van der Waals surface area contributed by atoms with Crippen molar-refractivity contribution in [2.24, 2.45) is 11.8 Å². The molecule has 2 aliphatic carbocycles. The number of benzene rings is 1. The van der Waals surface area contributed by atoms with E-state index in [-0.39, 0.29) is 5.82 Å². The highest BCUT2D eigenvalue weighted by Gasteiger charge is 2.40. The molecular formula is C17H20FN3S. The summed E-state index contributed by atoms with van der Waals surface area (Å²) in [5.74, 6) is 1.31. The summed E-state index contributed by atoms with van der Waals surface area (Å²) in [6.07, 6.45) is 5.54. The van der Waals surface area contributed by atoms with Crippen LogP contribution >= 0.6 is 12.2 Å². The van der Waals surface area contributed by atoms with Gasteiger partial charge in [0.05, 0.1) is 12.5 Å². The molecule has 2 aliphatic rings. The lowest BCUT2D eigenvalue weighted by Gasteiger charge is -2.30. The third kappa shape index (κ3) is 3.22. The van der Waals surface area contributed by atoms with Gasteiger partial charge in [0.15, 0.2) is 5.11 Å². The van der Waals surface area contributed by atoms with Gasteiger partial charge in [-0.25, -0.2) is 4.39 Å². The molecule has 1 aromatic carbocycles. The monoisotopic (exact) mass is 317 g/mol. The number of rotatable bonds is 4. The van der Waals surface area contributed by atoms with Crippen molar-refractivity contribution in [2.75, 3.05) is 11.4 Å². The van der Waals surface area contributed by atoms with Crippen molar-refractivity contribution in [1.29, 1.82) is 5.26 Å². The summed E-state index contributed by atoms with van der Waals surface area (Å²) in [5, 5.41) is 13.0. The molecule has 0 saturated heterocycles. The number of nitrogens with one attached hydrogen (secondary N) is 1. The molecule has 1 N–H and O–H groups in total. The first-order valence-electron chi connectivity index (χ1n) is 7.88. The van der Waals surface area contributed by atoms with Crippen LogP contribution in [0.25, 0.3) is 0 Å². The highest BCUT2D eigenvalue weighted by molar-refractivity contribution is 7.80. The molecule has 3 rings (SSSR count). The zero-order valence-electron chi connectivity index (χ0n) is 12.5. The lowest BCUT2D eigenvalue weighted by Crippen LogP contribution is -2.47. The molecule has 116 valence electrons. The number of nitriles is 1. The Morgan fingerprint density at radius 3 is 2.68 bits per heavy atom. The van der Waals surface area contributed by atoms with E-state index in [0.29, 0.717) is 24.1 Å². The molecule has 2 fully saturated rings. The molecule has 3 unspecified atom stereocenters. The molecule has 22 heavy (non-hydrogen) atoms. The number of nitrogens with zero attached hydrogens (tertiary/aromatic N) is 2. The molecule has 0 heterocycles. The first-order valence-corrected chi connectivity index (χ1v) is 8.28. The van der Waals surface area contributed by atoms with Crippen LogP contribution in [0.5, 0.6) is 0 Å². The fraction of sp³-hybridized carbons (Fsp3) is 0.529. The summed E-state index contributed by atoms with van der Waals surface area (Å²) >= 11 is 5.57. The van der Waals surface area contributed by atoms with Crippen molar-refractivity contribution in [3.05, 3.63) is 30.1 Å². The van der Waals surface area contributed by atoms with E-state index in [1.165, 1.54) is 37.8 Å². The van der Waals surface area contributed by atoms with E-state index in [0.717, 1.165) is 17.5 Å². The Morgan fingerprint density at radius 1 is 1.32 bits per heavy atom. The van der Waals surface area contributed by atoms with Crippen LogP contribution in [0.15, 0.2) is 24.3 Å². The van der Waals surface area contributed by atoms with Crippen LogP contribution in [0, 0.1) is 29.0 Å². The van der Waals surface area contributed by atoms with Gasteiger partial charge in [0, 0.05) is 18.3 Å². The van der Waals surface area contributed by atoms with E-state index >= 15 is 0 Å². The summed E-state index contributed by atoms with van der Waals surface area (Å²) in [5.41, 5.74) is 0.831. The van der Waals surface area contributed by atoms with Gasteiger partial charge in [-0.05, 0) is 67.6 Å². The predicted octanol–water partition coefficient (Wildman–Crippen LogP) is 3.61. The Hall–Kier alpha value is -1.67. The Bertz CT molecular complexity index is 581. The quantitative estimate of drug-likeness (QED) is 0.861. The summed E-state index contributed by atoms with van der Waals surface area (Å²) in [6.45, 7) is 0.523. The Balaban J connectivity index is 1.69. The van der Waals surface area contributed by atoms with Gasteiger partial charge in [0.25, 0.3) is 0 Å². The molecule has 2 bridgehead atoms. The SMILES string of the molecule is N#CCCN(C(=S)NC1CC2CCC1C2)c1ccc(F)cc1. The Morgan fingerprint density at radius 2 is 2.09 bits per heavy atom. The Labute approximate surface area is 136 Å². The predicted molar refractivity (Wildman–Crippen MR) is 88.9 cm³/mol. The van der Waals surface area contributed by atoms with Crippen LogP contribution in [0.1, 0.15) is 32.1 Å². The van der Waals surface area contributed by atoms with Crippen LogP contribution in [-0.4, -0.2) is 17.7 Å². The van der Waals surface area contributed by atoms with Gasteiger partial charge in [-0.2, -0.15) is 5.26 Å².